The summed E-state index contributed by atoms with van der Waals surface area (Å²) in [7, 11) is 0. The van der Waals surface area contributed by atoms with Crippen LogP contribution in [-0.2, 0) is 6.42 Å². The molecule has 0 aliphatic carbocycles. The topological polar surface area (TPSA) is 131 Å². The van der Waals surface area contributed by atoms with Crippen LogP contribution in [-0.4, -0.2) is 45.3 Å². The molecule has 0 unspecified atom stereocenters. The average molecular weight is 420 g/mol. The van der Waals surface area contributed by atoms with Gasteiger partial charge in [0.15, 0.2) is 0 Å². The Balaban J connectivity index is 1.32. The summed E-state index contributed by atoms with van der Waals surface area (Å²) >= 11 is 0. The number of nitrogens with two attached hydrogens (primary N) is 1. The van der Waals surface area contributed by atoms with Crippen LogP contribution in [0.3, 0.4) is 0 Å². The minimum Gasteiger partial charge on any atom is -0.489 e. The Hall–Kier alpha value is -3.49. The van der Waals surface area contributed by atoms with Crippen molar-refractivity contribution in [1.29, 1.82) is 0 Å². The Morgan fingerprint density at radius 2 is 2.06 bits per heavy atom. The number of hydrogen-bond donors (Lipinski definition) is 4. The summed E-state index contributed by atoms with van der Waals surface area (Å²) in [5, 5.41) is 22.5. The molecule has 4 rings (SSSR count). The Bertz CT molecular complexity index is 1050. The molecule has 3 aromatic rings. The van der Waals surface area contributed by atoms with Gasteiger partial charge in [0.05, 0.1) is 17.4 Å². The van der Waals surface area contributed by atoms with Crippen molar-refractivity contribution in [1.82, 2.24) is 15.3 Å². The summed E-state index contributed by atoms with van der Waals surface area (Å²) in [5.41, 5.74) is 9.21. The first kappa shape index (κ1) is 20.8. The lowest BCUT2D eigenvalue weighted by atomic mass is 9.98. The van der Waals surface area contributed by atoms with E-state index in [-0.39, 0.29) is 11.7 Å². The summed E-state index contributed by atoms with van der Waals surface area (Å²) in [6.07, 6.45) is 4.03. The number of fused-ring (bicyclic) bond motifs is 1. The van der Waals surface area contributed by atoms with Crippen molar-refractivity contribution in [2.45, 2.75) is 25.0 Å². The third-order valence-electron chi connectivity index (χ3n) is 5.30. The van der Waals surface area contributed by atoms with E-state index in [4.69, 9.17) is 15.6 Å². The van der Waals surface area contributed by atoms with Crippen LogP contribution in [0, 0.1) is 0 Å². The van der Waals surface area contributed by atoms with E-state index in [9.17, 15) is 9.90 Å². The van der Waals surface area contributed by atoms with Crippen molar-refractivity contribution in [3.8, 4) is 17.0 Å². The van der Waals surface area contributed by atoms with Crippen LogP contribution in [0.1, 0.15) is 34.0 Å². The molecule has 2 aromatic heterocycles. The largest absolute Gasteiger partial charge is 0.489 e. The molecule has 1 aliphatic rings. The number of carbonyl (C=O) groups is 1. The number of nitrogens with one attached hydrogen (secondary N) is 1. The van der Waals surface area contributed by atoms with Crippen LogP contribution in [0.5, 0.6) is 5.75 Å². The molecule has 0 fully saturated rings. The third-order valence-corrected chi connectivity index (χ3v) is 5.30. The van der Waals surface area contributed by atoms with Gasteiger partial charge in [-0.2, -0.15) is 0 Å². The maximum atomic E-state index is 11.0. The highest BCUT2D eigenvalue weighted by atomic mass is 16.5. The van der Waals surface area contributed by atoms with Gasteiger partial charge in [0.1, 0.15) is 17.7 Å². The van der Waals surface area contributed by atoms with Gasteiger partial charge in [-0.1, -0.05) is 6.07 Å². The third kappa shape index (κ3) is 4.99. The Morgan fingerprint density at radius 3 is 2.77 bits per heavy atom. The fourth-order valence-electron chi connectivity index (χ4n) is 3.55. The molecular formula is C23H24N4O4. The number of nitrogen functional groups attached to an aromatic ring is 1. The summed E-state index contributed by atoms with van der Waals surface area (Å²) in [4.78, 5) is 19.2. The quantitative estimate of drug-likeness (QED) is 0.458. The van der Waals surface area contributed by atoms with E-state index in [0.717, 1.165) is 35.4 Å². The Labute approximate surface area is 179 Å². The normalized spacial score (nSPS) is 16.2. The van der Waals surface area contributed by atoms with E-state index >= 15 is 0 Å². The van der Waals surface area contributed by atoms with E-state index in [2.05, 4.69) is 15.3 Å². The SMILES string of the molecule is Nc1ccc([C@H](O)CNC[C@H]2CCc3cc(-c4ccc(C(=O)O)cn4)ccc3O2)cn1. The van der Waals surface area contributed by atoms with Crippen LogP contribution in [0.4, 0.5) is 5.82 Å². The Morgan fingerprint density at radius 1 is 1.19 bits per heavy atom. The highest BCUT2D eigenvalue weighted by Gasteiger charge is 2.21. The number of hydrogen-bond acceptors (Lipinski definition) is 7. The van der Waals surface area contributed by atoms with E-state index in [1.807, 2.05) is 18.2 Å². The fourth-order valence-corrected chi connectivity index (χ4v) is 3.55. The summed E-state index contributed by atoms with van der Waals surface area (Å²) in [6.45, 7) is 1.02. The van der Waals surface area contributed by atoms with Crippen molar-refractivity contribution < 1.29 is 19.7 Å². The van der Waals surface area contributed by atoms with Gasteiger partial charge in [-0.05, 0) is 54.8 Å². The summed E-state index contributed by atoms with van der Waals surface area (Å²) < 4.78 is 6.11. The number of ether oxygens (including phenoxy) is 1. The molecule has 0 bridgehead atoms. The number of aromatic carboxylic acids is 1. The van der Waals surface area contributed by atoms with Crippen LogP contribution in [0.2, 0.25) is 0 Å². The Kier molecular flexibility index (Phi) is 6.11. The van der Waals surface area contributed by atoms with Gasteiger partial charge in [0, 0.05) is 36.6 Å². The molecule has 5 N–H and O–H groups in total. The monoisotopic (exact) mass is 420 g/mol. The first-order valence-electron chi connectivity index (χ1n) is 10.1. The smallest absolute Gasteiger partial charge is 0.337 e. The standard InChI is InChI=1S/C23H24N4O4/c24-22-8-4-16(10-27-22)20(28)13-25-12-18-5-1-15-9-14(3-7-21(15)31-18)19-6-2-17(11-26-19)23(29)30/h2-4,6-11,18,20,25,28H,1,5,12-13H2,(H2,24,27)(H,29,30)/t18-,20-/m1/s1. The molecule has 0 saturated heterocycles. The number of nitrogens with zero attached hydrogens (tertiary/aromatic N) is 2. The molecule has 0 saturated carbocycles. The molecule has 8 nitrogen and oxygen atoms in total. The second kappa shape index (κ2) is 9.11. The van der Waals surface area contributed by atoms with Crippen molar-refractivity contribution in [2.24, 2.45) is 0 Å². The number of benzene rings is 1. The summed E-state index contributed by atoms with van der Waals surface area (Å²) in [6, 6.07) is 12.6. The zero-order valence-electron chi connectivity index (χ0n) is 16.9. The molecular weight excluding hydrogens is 396 g/mol. The zero-order valence-corrected chi connectivity index (χ0v) is 16.9. The molecule has 8 heteroatoms. The molecule has 0 spiro atoms. The van der Waals surface area contributed by atoms with Crippen molar-refractivity contribution in [3.05, 3.63) is 71.5 Å². The zero-order chi connectivity index (χ0) is 21.8. The van der Waals surface area contributed by atoms with Crippen LogP contribution in [0.25, 0.3) is 11.3 Å². The van der Waals surface area contributed by atoms with Gasteiger partial charge in [-0.15, -0.1) is 0 Å². The number of aliphatic hydroxyl groups is 1. The predicted octanol–water partition coefficient (Wildman–Crippen LogP) is 2.44. The van der Waals surface area contributed by atoms with Crippen molar-refractivity contribution in [3.63, 3.8) is 0 Å². The molecule has 160 valence electrons. The number of carboxylic acid groups (broad SMARTS) is 1. The first-order chi connectivity index (χ1) is 15.0. The lowest BCUT2D eigenvalue weighted by Crippen LogP contribution is -2.36. The van der Waals surface area contributed by atoms with E-state index in [1.165, 1.54) is 6.20 Å². The van der Waals surface area contributed by atoms with Crippen LogP contribution >= 0.6 is 0 Å². The summed E-state index contributed by atoms with van der Waals surface area (Å²) in [5.74, 6) is 0.275. The van der Waals surface area contributed by atoms with E-state index in [1.54, 1.807) is 30.5 Å². The van der Waals surface area contributed by atoms with Crippen LogP contribution < -0.4 is 15.8 Å². The van der Waals surface area contributed by atoms with Gasteiger partial charge in [0.25, 0.3) is 0 Å². The van der Waals surface area contributed by atoms with Gasteiger partial charge in [0.2, 0.25) is 0 Å². The van der Waals surface area contributed by atoms with Crippen molar-refractivity contribution in [2.75, 3.05) is 18.8 Å². The second-order valence-electron chi connectivity index (χ2n) is 7.53. The maximum Gasteiger partial charge on any atom is 0.337 e. The van der Waals surface area contributed by atoms with Crippen molar-refractivity contribution >= 4 is 11.8 Å². The second-order valence-corrected chi connectivity index (χ2v) is 7.53. The first-order valence-corrected chi connectivity index (χ1v) is 10.1. The predicted molar refractivity (Wildman–Crippen MR) is 116 cm³/mol. The molecule has 0 radical (unpaired) electrons. The van der Waals surface area contributed by atoms with Gasteiger partial charge in [-0.25, -0.2) is 9.78 Å². The average Bonchev–Trinajstić information content (AvgIpc) is 2.79. The van der Waals surface area contributed by atoms with Gasteiger partial charge >= 0.3 is 5.97 Å². The number of anilines is 1. The minimum absolute atomic E-state index is 0.0167. The molecule has 2 atom stereocenters. The molecule has 3 heterocycles. The number of aromatic nitrogens is 2. The minimum atomic E-state index is -0.991. The van der Waals surface area contributed by atoms with Crippen LogP contribution in [0.15, 0.2) is 54.9 Å². The highest BCUT2D eigenvalue weighted by molar-refractivity contribution is 5.87. The number of aryl methyl sites for hydroxylation is 1. The molecule has 1 aromatic carbocycles. The molecule has 31 heavy (non-hydrogen) atoms. The lowest BCUT2D eigenvalue weighted by Gasteiger charge is -2.27. The maximum absolute atomic E-state index is 11.0. The fraction of sp³-hybridized carbons (Fsp3) is 0.261. The molecule has 1 aliphatic heterocycles. The number of rotatable bonds is 7. The van der Waals surface area contributed by atoms with E-state index < -0.39 is 12.1 Å². The highest BCUT2D eigenvalue weighted by Crippen LogP contribution is 2.31. The number of pyridine rings is 2. The van der Waals surface area contributed by atoms with Gasteiger partial charge < -0.3 is 26.0 Å². The van der Waals surface area contributed by atoms with E-state index in [0.29, 0.717) is 24.5 Å². The number of carboxylic acids is 1. The molecule has 0 amide bonds. The lowest BCUT2D eigenvalue weighted by molar-refractivity contribution is 0.0696. The number of aliphatic hydroxyl groups excluding tert-OH is 1. The van der Waals surface area contributed by atoms with Gasteiger partial charge in [-0.3, -0.25) is 4.98 Å².